The minimum Gasteiger partial charge on any atom is -0.483 e. The molecule has 0 aliphatic rings. The number of carbonyl (C=O) groups is 2. The Balaban J connectivity index is 2.35. The number of nitrogens with one attached hydrogen (secondary N) is 1. The Hall–Kier alpha value is -2.24. The number of para-hydroxylation sites is 1. The summed E-state index contributed by atoms with van der Waals surface area (Å²) in [6.45, 7) is 12.0. The van der Waals surface area contributed by atoms with Crippen LogP contribution in [0.1, 0.15) is 65.5 Å². The first kappa shape index (κ1) is 28.0. The summed E-state index contributed by atoms with van der Waals surface area (Å²) in [6.07, 6.45) is 1.23. The van der Waals surface area contributed by atoms with Gasteiger partial charge in [-0.05, 0) is 48.9 Å². The molecule has 1 N–H and O–H groups in total. The average molecular weight is 508 g/mol. The lowest BCUT2D eigenvalue weighted by Gasteiger charge is -2.32. The van der Waals surface area contributed by atoms with Crippen molar-refractivity contribution in [3.8, 4) is 5.75 Å². The molecular weight excluding hydrogens is 471 g/mol. The highest BCUT2D eigenvalue weighted by Gasteiger charge is 2.31. The smallest absolute Gasteiger partial charge is 0.261 e. The van der Waals surface area contributed by atoms with E-state index in [1.54, 1.807) is 18.2 Å². The highest BCUT2D eigenvalue weighted by molar-refractivity contribution is 6.36. The van der Waals surface area contributed by atoms with E-state index in [0.717, 1.165) is 12.0 Å². The summed E-state index contributed by atoms with van der Waals surface area (Å²) >= 11 is 12.8. The van der Waals surface area contributed by atoms with E-state index < -0.39 is 6.04 Å². The second-order valence-electron chi connectivity index (χ2n) is 9.50. The van der Waals surface area contributed by atoms with Gasteiger partial charge in [0, 0.05) is 28.2 Å². The van der Waals surface area contributed by atoms with Crippen molar-refractivity contribution in [1.82, 2.24) is 10.2 Å². The summed E-state index contributed by atoms with van der Waals surface area (Å²) in [7, 11) is 0. The molecule has 0 saturated heterocycles. The average Bonchev–Trinajstić information content (AvgIpc) is 2.78. The Morgan fingerprint density at radius 3 is 2.18 bits per heavy atom. The highest BCUT2D eigenvalue weighted by Crippen LogP contribution is 2.31. The number of hydrogen-bond donors (Lipinski definition) is 1. The zero-order valence-electron chi connectivity index (χ0n) is 21.0. The van der Waals surface area contributed by atoms with Gasteiger partial charge in [-0.3, -0.25) is 9.59 Å². The highest BCUT2D eigenvalue weighted by atomic mass is 35.5. The van der Waals surface area contributed by atoms with Gasteiger partial charge in [-0.2, -0.15) is 0 Å². The molecular formula is C27H36Cl2N2O3. The normalized spacial score (nSPS) is 13.2. The van der Waals surface area contributed by atoms with Crippen LogP contribution in [0.25, 0.3) is 0 Å². The number of halogens is 2. The molecule has 0 saturated carbocycles. The molecule has 0 bridgehead atoms. The van der Waals surface area contributed by atoms with Crippen LogP contribution >= 0.6 is 23.2 Å². The SMILES string of the molecule is CC[C@H](C(=O)N[C@@H](C)CC)N(Cc1c(Cl)cccc1Cl)C(=O)COc1ccccc1C(C)(C)C. The number of benzene rings is 2. The van der Waals surface area contributed by atoms with E-state index in [9.17, 15) is 9.59 Å². The fraction of sp³-hybridized carbons (Fsp3) is 0.481. The van der Waals surface area contributed by atoms with Crippen LogP contribution in [0, 0.1) is 0 Å². The molecule has 2 aromatic rings. The first-order chi connectivity index (χ1) is 16.0. The van der Waals surface area contributed by atoms with E-state index in [2.05, 4.69) is 26.1 Å². The molecule has 0 aliphatic carbocycles. The second-order valence-corrected chi connectivity index (χ2v) is 10.3. The minimum atomic E-state index is -0.685. The summed E-state index contributed by atoms with van der Waals surface area (Å²) in [5, 5.41) is 3.89. The third-order valence-electron chi connectivity index (χ3n) is 5.82. The molecule has 34 heavy (non-hydrogen) atoms. The standard InChI is InChI=1S/C27H36Cl2N2O3/c1-7-18(3)30-26(33)23(8-2)31(16-19-21(28)13-11-14-22(19)29)25(32)17-34-24-15-10-9-12-20(24)27(4,5)6/h9-15,18,23H,7-8,16-17H2,1-6H3,(H,30,33)/t18-,23+/m0/s1. The van der Waals surface area contributed by atoms with Crippen molar-refractivity contribution in [1.29, 1.82) is 0 Å². The molecule has 0 heterocycles. The van der Waals surface area contributed by atoms with Crippen molar-refractivity contribution < 1.29 is 14.3 Å². The lowest BCUT2D eigenvalue weighted by molar-refractivity contribution is -0.143. The lowest BCUT2D eigenvalue weighted by atomic mass is 9.86. The number of carbonyl (C=O) groups excluding carboxylic acids is 2. The van der Waals surface area contributed by atoms with Crippen molar-refractivity contribution in [3.63, 3.8) is 0 Å². The fourth-order valence-electron chi connectivity index (χ4n) is 3.65. The maximum absolute atomic E-state index is 13.5. The van der Waals surface area contributed by atoms with Crippen LogP contribution < -0.4 is 10.1 Å². The van der Waals surface area contributed by atoms with Gasteiger partial charge in [0.15, 0.2) is 6.61 Å². The van der Waals surface area contributed by atoms with Gasteiger partial charge in [0.25, 0.3) is 5.91 Å². The summed E-state index contributed by atoms with van der Waals surface area (Å²) in [5.41, 5.74) is 1.46. The first-order valence-electron chi connectivity index (χ1n) is 11.7. The van der Waals surface area contributed by atoms with Gasteiger partial charge in [0.1, 0.15) is 11.8 Å². The summed E-state index contributed by atoms with van der Waals surface area (Å²) < 4.78 is 5.99. The predicted octanol–water partition coefficient (Wildman–Crippen LogP) is 6.39. The van der Waals surface area contributed by atoms with Crippen molar-refractivity contribution in [2.45, 2.75) is 78.4 Å². The predicted molar refractivity (Wildman–Crippen MR) is 140 cm³/mol. The van der Waals surface area contributed by atoms with Gasteiger partial charge < -0.3 is 15.0 Å². The van der Waals surface area contributed by atoms with E-state index in [4.69, 9.17) is 27.9 Å². The maximum atomic E-state index is 13.5. The van der Waals surface area contributed by atoms with Gasteiger partial charge in [0.05, 0.1) is 0 Å². The molecule has 0 unspecified atom stereocenters. The number of amides is 2. The van der Waals surface area contributed by atoms with Crippen molar-refractivity contribution >= 4 is 35.0 Å². The molecule has 186 valence electrons. The molecule has 0 radical (unpaired) electrons. The molecule has 2 rings (SSSR count). The van der Waals surface area contributed by atoms with Crippen LogP contribution in [0.5, 0.6) is 5.75 Å². The summed E-state index contributed by atoms with van der Waals surface area (Å²) in [6, 6.07) is 12.2. The van der Waals surface area contributed by atoms with Gasteiger partial charge in [-0.15, -0.1) is 0 Å². The van der Waals surface area contributed by atoms with E-state index in [-0.39, 0.29) is 36.4 Å². The first-order valence-corrected chi connectivity index (χ1v) is 12.5. The molecule has 2 atom stereocenters. The topological polar surface area (TPSA) is 58.6 Å². The monoisotopic (exact) mass is 506 g/mol. The molecule has 5 nitrogen and oxygen atoms in total. The van der Waals surface area contributed by atoms with E-state index >= 15 is 0 Å². The van der Waals surface area contributed by atoms with Crippen LogP contribution in [-0.4, -0.2) is 35.4 Å². The maximum Gasteiger partial charge on any atom is 0.261 e. The van der Waals surface area contributed by atoms with Crippen molar-refractivity contribution in [3.05, 3.63) is 63.6 Å². The second kappa shape index (κ2) is 12.5. The molecule has 0 aromatic heterocycles. The fourth-order valence-corrected chi connectivity index (χ4v) is 4.17. The summed E-state index contributed by atoms with van der Waals surface area (Å²) in [5.74, 6) is 0.130. The Labute approximate surface area is 213 Å². The van der Waals surface area contributed by atoms with Crippen LogP contribution in [0.2, 0.25) is 10.0 Å². The van der Waals surface area contributed by atoms with Crippen LogP contribution in [0.15, 0.2) is 42.5 Å². The molecule has 0 fully saturated rings. The van der Waals surface area contributed by atoms with E-state index in [1.807, 2.05) is 45.0 Å². The van der Waals surface area contributed by atoms with Crippen molar-refractivity contribution in [2.24, 2.45) is 0 Å². The van der Waals surface area contributed by atoms with Gasteiger partial charge in [-0.25, -0.2) is 0 Å². The minimum absolute atomic E-state index is 0.00249. The van der Waals surface area contributed by atoms with E-state index in [1.165, 1.54) is 4.90 Å². The Bertz CT molecular complexity index is 968. The summed E-state index contributed by atoms with van der Waals surface area (Å²) in [4.78, 5) is 28.1. The van der Waals surface area contributed by atoms with Gasteiger partial charge in [0.2, 0.25) is 5.91 Å². The van der Waals surface area contributed by atoms with Crippen LogP contribution in [-0.2, 0) is 21.5 Å². The number of nitrogens with zero attached hydrogens (tertiary/aromatic N) is 1. The largest absolute Gasteiger partial charge is 0.483 e. The van der Waals surface area contributed by atoms with Crippen LogP contribution in [0.4, 0.5) is 0 Å². The number of rotatable bonds is 10. The Morgan fingerprint density at radius 2 is 1.62 bits per heavy atom. The molecule has 0 spiro atoms. The third-order valence-corrected chi connectivity index (χ3v) is 6.53. The zero-order valence-corrected chi connectivity index (χ0v) is 22.5. The number of ether oxygens (including phenoxy) is 1. The Morgan fingerprint density at radius 1 is 1.00 bits per heavy atom. The van der Waals surface area contributed by atoms with Gasteiger partial charge >= 0.3 is 0 Å². The van der Waals surface area contributed by atoms with Crippen molar-refractivity contribution in [2.75, 3.05) is 6.61 Å². The molecule has 0 aliphatic heterocycles. The molecule has 7 heteroatoms. The van der Waals surface area contributed by atoms with Gasteiger partial charge in [-0.1, -0.05) is 82.1 Å². The Kier molecular flexibility index (Phi) is 10.3. The molecule has 2 amide bonds. The quantitative estimate of drug-likeness (QED) is 0.405. The third kappa shape index (κ3) is 7.38. The molecule has 2 aromatic carbocycles. The number of hydrogen-bond acceptors (Lipinski definition) is 3. The zero-order chi connectivity index (χ0) is 25.5. The lowest BCUT2D eigenvalue weighted by Crippen LogP contribution is -2.51. The van der Waals surface area contributed by atoms with Crippen LogP contribution in [0.3, 0.4) is 0 Å². The van der Waals surface area contributed by atoms with E-state index in [0.29, 0.717) is 27.8 Å².